The number of hydrogen-bond donors (Lipinski definition) is 1. The fourth-order valence-electron chi connectivity index (χ4n) is 4.47. The number of carbonyl (C=O) groups is 2. The third kappa shape index (κ3) is 4.57. The van der Waals surface area contributed by atoms with Crippen molar-refractivity contribution < 1.29 is 14.3 Å². The number of aryl methyl sites for hydroxylation is 2. The van der Waals surface area contributed by atoms with Crippen LogP contribution in [0.1, 0.15) is 43.4 Å². The molecule has 6 nitrogen and oxygen atoms in total. The number of ether oxygens (including phenoxy) is 1. The number of amides is 2. The molecule has 5 rings (SSSR count). The molecular weight excluding hydrogens is 466 g/mol. The number of rotatable bonds is 5. The van der Waals surface area contributed by atoms with Gasteiger partial charge in [0.25, 0.3) is 11.8 Å². The predicted octanol–water partition coefficient (Wildman–Crippen LogP) is 4.70. The molecule has 2 aromatic carbocycles. The molecule has 1 saturated heterocycles. The van der Waals surface area contributed by atoms with Crippen LogP contribution >= 0.6 is 23.1 Å². The highest BCUT2D eigenvalue weighted by atomic mass is 32.2. The van der Waals surface area contributed by atoms with Crippen LogP contribution < -0.4 is 10.1 Å². The molecule has 0 aliphatic carbocycles. The van der Waals surface area contributed by atoms with E-state index in [1.807, 2.05) is 55.1 Å². The Labute approximate surface area is 207 Å². The minimum absolute atomic E-state index is 0.0735. The molecule has 2 amide bonds. The largest absolute Gasteiger partial charge is 0.493 e. The SMILES string of the molecule is Cc1cccc(-c2sc(C)nc2C(=O)N2CSC[C@H]2CNC(=O)c2cccc3c2CCCO3)c1. The van der Waals surface area contributed by atoms with Gasteiger partial charge in [-0.25, -0.2) is 4.98 Å². The van der Waals surface area contributed by atoms with E-state index in [1.165, 1.54) is 0 Å². The second-order valence-corrected chi connectivity index (χ2v) is 10.9. The second-order valence-electron chi connectivity index (χ2n) is 8.65. The fraction of sp³-hybridized carbons (Fsp3) is 0.346. The van der Waals surface area contributed by atoms with Crippen LogP contribution in [0, 0.1) is 13.8 Å². The van der Waals surface area contributed by atoms with Crippen molar-refractivity contribution >= 4 is 34.9 Å². The Morgan fingerprint density at radius 2 is 2.06 bits per heavy atom. The van der Waals surface area contributed by atoms with Crippen molar-refractivity contribution in [1.29, 1.82) is 0 Å². The Kier molecular flexibility index (Phi) is 6.61. The number of aromatic nitrogens is 1. The number of fused-ring (bicyclic) bond motifs is 1. The van der Waals surface area contributed by atoms with Gasteiger partial charge >= 0.3 is 0 Å². The summed E-state index contributed by atoms with van der Waals surface area (Å²) >= 11 is 3.25. The monoisotopic (exact) mass is 493 g/mol. The Balaban J connectivity index is 1.32. The number of nitrogens with zero attached hydrogens (tertiary/aromatic N) is 2. The zero-order chi connectivity index (χ0) is 23.7. The van der Waals surface area contributed by atoms with E-state index in [0.29, 0.717) is 30.3 Å². The van der Waals surface area contributed by atoms with Gasteiger partial charge in [-0.3, -0.25) is 9.59 Å². The maximum atomic E-state index is 13.6. The Hall–Kier alpha value is -2.84. The normalized spacial score (nSPS) is 17.2. The van der Waals surface area contributed by atoms with Crippen molar-refractivity contribution in [3.63, 3.8) is 0 Å². The molecule has 0 spiro atoms. The van der Waals surface area contributed by atoms with Crippen molar-refractivity contribution in [2.75, 3.05) is 24.8 Å². The summed E-state index contributed by atoms with van der Waals surface area (Å²) in [6.45, 7) is 5.08. The summed E-state index contributed by atoms with van der Waals surface area (Å²) in [6, 6.07) is 13.7. The van der Waals surface area contributed by atoms with Gasteiger partial charge in [-0.15, -0.1) is 23.1 Å². The van der Waals surface area contributed by atoms with Gasteiger partial charge in [-0.1, -0.05) is 35.9 Å². The first kappa shape index (κ1) is 22.9. The number of nitrogens with one attached hydrogen (secondary N) is 1. The molecule has 0 bridgehead atoms. The molecule has 2 aliphatic heterocycles. The van der Waals surface area contributed by atoms with Crippen molar-refractivity contribution in [2.24, 2.45) is 0 Å². The molecule has 3 heterocycles. The first-order valence-electron chi connectivity index (χ1n) is 11.5. The summed E-state index contributed by atoms with van der Waals surface area (Å²) in [7, 11) is 0. The summed E-state index contributed by atoms with van der Waals surface area (Å²) in [4.78, 5) is 33.9. The standard InChI is InChI=1S/C26H27N3O3S2/c1-16-6-3-7-18(12-16)24-23(28-17(2)34-24)26(31)29-15-33-14-19(29)13-27-25(30)21-8-4-10-22-20(21)9-5-11-32-22/h3-4,6-8,10,12,19H,5,9,11,13-15H2,1-2H3,(H,27,30)/t19-/m1/s1. The maximum Gasteiger partial charge on any atom is 0.275 e. The highest BCUT2D eigenvalue weighted by Gasteiger charge is 2.33. The fourth-order valence-corrected chi connectivity index (χ4v) is 6.58. The van der Waals surface area contributed by atoms with Gasteiger partial charge in [-0.2, -0.15) is 0 Å². The van der Waals surface area contributed by atoms with E-state index in [0.717, 1.165) is 50.9 Å². The quantitative estimate of drug-likeness (QED) is 0.558. The highest BCUT2D eigenvalue weighted by Crippen LogP contribution is 2.33. The first-order chi connectivity index (χ1) is 16.5. The summed E-state index contributed by atoms with van der Waals surface area (Å²) in [6.07, 6.45) is 1.75. The van der Waals surface area contributed by atoms with Gasteiger partial charge in [0.05, 0.1) is 28.4 Å². The molecule has 3 aromatic rings. The number of carbonyl (C=O) groups excluding carboxylic acids is 2. The summed E-state index contributed by atoms with van der Waals surface area (Å²) < 4.78 is 5.70. The Morgan fingerprint density at radius 1 is 1.21 bits per heavy atom. The van der Waals surface area contributed by atoms with Gasteiger partial charge in [-0.05, 0) is 44.4 Å². The molecule has 1 aromatic heterocycles. The van der Waals surface area contributed by atoms with E-state index in [9.17, 15) is 9.59 Å². The van der Waals surface area contributed by atoms with Crippen LogP contribution in [-0.2, 0) is 6.42 Å². The number of benzene rings is 2. The van der Waals surface area contributed by atoms with Crippen LogP contribution in [0.2, 0.25) is 0 Å². The van der Waals surface area contributed by atoms with E-state index in [1.54, 1.807) is 23.1 Å². The lowest BCUT2D eigenvalue weighted by Gasteiger charge is -2.24. The van der Waals surface area contributed by atoms with E-state index in [4.69, 9.17) is 4.74 Å². The molecule has 34 heavy (non-hydrogen) atoms. The molecule has 8 heteroatoms. The van der Waals surface area contributed by atoms with E-state index in [-0.39, 0.29) is 17.9 Å². The van der Waals surface area contributed by atoms with Crippen molar-refractivity contribution in [2.45, 2.75) is 32.7 Å². The summed E-state index contributed by atoms with van der Waals surface area (Å²) in [5, 5.41) is 3.93. The lowest BCUT2D eigenvalue weighted by molar-refractivity contribution is 0.0731. The number of thioether (sulfide) groups is 1. The minimum Gasteiger partial charge on any atom is -0.493 e. The second kappa shape index (κ2) is 9.80. The molecular formula is C26H27N3O3S2. The van der Waals surface area contributed by atoms with E-state index < -0.39 is 0 Å². The average Bonchev–Trinajstić information content (AvgIpc) is 3.48. The third-order valence-corrected chi connectivity index (χ3v) is 8.26. The van der Waals surface area contributed by atoms with Crippen LogP contribution in [-0.4, -0.2) is 52.5 Å². The lowest BCUT2D eigenvalue weighted by atomic mass is 9.99. The molecule has 0 unspecified atom stereocenters. The van der Waals surface area contributed by atoms with Crippen LogP contribution in [0.5, 0.6) is 5.75 Å². The predicted molar refractivity (Wildman–Crippen MR) is 137 cm³/mol. The molecule has 1 atom stereocenters. The van der Waals surface area contributed by atoms with Crippen molar-refractivity contribution in [3.05, 3.63) is 69.9 Å². The zero-order valence-corrected chi connectivity index (χ0v) is 20.9. The summed E-state index contributed by atoms with van der Waals surface area (Å²) in [5.41, 5.74) is 4.30. The number of hydrogen-bond acceptors (Lipinski definition) is 6. The lowest BCUT2D eigenvalue weighted by Crippen LogP contribution is -2.44. The van der Waals surface area contributed by atoms with Gasteiger partial charge in [0.1, 0.15) is 11.4 Å². The van der Waals surface area contributed by atoms with Crippen LogP contribution in [0.4, 0.5) is 0 Å². The first-order valence-corrected chi connectivity index (χ1v) is 13.4. The Morgan fingerprint density at radius 3 is 2.91 bits per heavy atom. The zero-order valence-electron chi connectivity index (χ0n) is 19.3. The highest BCUT2D eigenvalue weighted by molar-refractivity contribution is 7.99. The molecule has 2 aliphatic rings. The molecule has 1 fully saturated rings. The van der Waals surface area contributed by atoms with Gasteiger partial charge in [0, 0.05) is 23.4 Å². The molecule has 176 valence electrons. The minimum atomic E-state index is -0.114. The Bertz CT molecular complexity index is 1240. The number of thiazole rings is 1. The molecule has 0 radical (unpaired) electrons. The van der Waals surface area contributed by atoms with E-state index >= 15 is 0 Å². The van der Waals surface area contributed by atoms with Gasteiger partial charge < -0.3 is 15.0 Å². The smallest absolute Gasteiger partial charge is 0.275 e. The average molecular weight is 494 g/mol. The van der Waals surface area contributed by atoms with Crippen LogP contribution in [0.15, 0.2) is 42.5 Å². The van der Waals surface area contributed by atoms with Crippen molar-refractivity contribution in [3.8, 4) is 16.2 Å². The molecule has 1 N–H and O–H groups in total. The van der Waals surface area contributed by atoms with Crippen molar-refractivity contribution in [1.82, 2.24) is 15.2 Å². The van der Waals surface area contributed by atoms with Crippen LogP contribution in [0.25, 0.3) is 10.4 Å². The topological polar surface area (TPSA) is 71.5 Å². The van der Waals surface area contributed by atoms with Gasteiger partial charge in [0.2, 0.25) is 0 Å². The summed E-state index contributed by atoms with van der Waals surface area (Å²) in [5.74, 6) is 1.99. The van der Waals surface area contributed by atoms with E-state index in [2.05, 4.69) is 16.4 Å². The third-order valence-electron chi connectivity index (χ3n) is 6.16. The molecule has 0 saturated carbocycles. The van der Waals surface area contributed by atoms with Gasteiger partial charge in [0.15, 0.2) is 0 Å². The maximum absolute atomic E-state index is 13.6. The van der Waals surface area contributed by atoms with Crippen LogP contribution in [0.3, 0.4) is 0 Å².